The molecule has 1 fully saturated rings. The summed E-state index contributed by atoms with van der Waals surface area (Å²) in [6.07, 6.45) is 36.0. The molecule has 44 heavy (non-hydrogen) atoms. The molecular weight excluding hydrogens is 548 g/mol. The van der Waals surface area contributed by atoms with Crippen LogP contribution < -0.4 is 11.1 Å². The van der Waals surface area contributed by atoms with Crippen LogP contribution in [0.15, 0.2) is 103 Å². The van der Waals surface area contributed by atoms with Crippen molar-refractivity contribution in [2.75, 3.05) is 0 Å². The molecule has 1 aliphatic carbocycles. The average molecular weight is 601 g/mol. The Labute approximate surface area is 264 Å². The Kier molecular flexibility index (Phi) is 17.9. The van der Waals surface area contributed by atoms with Gasteiger partial charge in [0.25, 0.3) is 5.91 Å². The van der Waals surface area contributed by atoms with Crippen molar-refractivity contribution in [3.05, 3.63) is 108 Å². The predicted molar refractivity (Wildman–Crippen MR) is 180 cm³/mol. The molecule has 0 bridgehead atoms. The van der Waals surface area contributed by atoms with Gasteiger partial charge in [0.2, 0.25) is 11.7 Å². The molecule has 1 aliphatic heterocycles. The number of carbonyl (C=O) groups is 3. The molecule has 1 aromatic carbocycles. The fourth-order valence-corrected chi connectivity index (χ4v) is 4.89. The maximum Gasteiger partial charge on any atom is 0.286 e. The van der Waals surface area contributed by atoms with Crippen molar-refractivity contribution in [2.45, 2.75) is 109 Å². The van der Waals surface area contributed by atoms with Crippen LogP contribution in [0.1, 0.15) is 103 Å². The molecule has 1 saturated carbocycles. The van der Waals surface area contributed by atoms with Gasteiger partial charge in [-0.05, 0) is 64.7 Å². The van der Waals surface area contributed by atoms with Gasteiger partial charge in [-0.2, -0.15) is 0 Å². The number of benzene rings is 1. The Balaban J connectivity index is 0.000000307. The molecule has 1 atom stereocenters. The second-order valence-electron chi connectivity index (χ2n) is 11.2. The van der Waals surface area contributed by atoms with E-state index in [1.54, 1.807) is 6.92 Å². The second-order valence-corrected chi connectivity index (χ2v) is 11.2. The van der Waals surface area contributed by atoms with E-state index in [9.17, 15) is 14.4 Å². The zero-order chi connectivity index (χ0) is 31.9. The van der Waals surface area contributed by atoms with Crippen LogP contribution in [0.5, 0.6) is 0 Å². The number of unbranched alkanes of at least 4 members (excludes halogenated alkanes) is 1. The van der Waals surface area contributed by atoms with Gasteiger partial charge in [-0.1, -0.05) is 117 Å². The lowest BCUT2D eigenvalue weighted by molar-refractivity contribution is -0.132. The van der Waals surface area contributed by atoms with Gasteiger partial charge in [0.15, 0.2) is 11.4 Å². The van der Waals surface area contributed by atoms with Gasteiger partial charge in [-0.15, -0.1) is 0 Å². The van der Waals surface area contributed by atoms with Crippen LogP contribution in [0.2, 0.25) is 0 Å². The molecule has 3 N–H and O–H groups in total. The average Bonchev–Trinajstić information content (AvgIpc) is 3.35. The highest BCUT2D eigenvalue weighted by atomic mass is 16.5. The highest BCUT2D eigenvalue weighted by Gasteiger charge is 2.43. The summed E-state index contributed by atoms with van der Waals surface area (Å²) in [7, 11) is 0. The van der Waals surface area contributed by atoms with Crippen molar-refractivity contribution in [1.29, 1.82) is 0 Å². The van der Waals surface area contributed by atoms with Gasteiger partial charge in [0, 0.05) is 24.1 Å². The minimum absolute atomic E-state index is 0.127. The highest BCUT2D eigenvalue weighted by Crippen LogP contribution is 2.35. The molecule has 2 amide bonds. The molecule has 1 unspecified atom stereocenters. The molecule has 3 rings (SSSR count). The summed E-state index contributed by atoms with van der Waals surface area (Å²) in [6, 6.07) is 9.48. The molecular formula is C38H52N2O4. The smallest absolute Gasteiger partial charge is 0.286 e. The molecule has 6 nitrogen and oxygen atoms in total. The molecule has 0 saturated heterocycles. The van der Waals surface area contributed by atoms with Gasteiger partial charge in [0.05, 0.1) is 0 Å². The number of nitrogens with one attached hydrogen (secondary N) is 1. The van der Waals surface area contributed by atoms with E-state index in [2.05, 4.69) is 73.0 Å². The first kappa shape index (κ1) is 36.3. The largest absolute Gasteiger partial charge is 0.469 e. The molecule has 1 heterocycles. The monoisotopic (exact) mass is 600 g/mol. The first-order valence-corrected chi connectivity index (χ1v) is 16.2. The number of hydrogen-bond donors (Lipinski definition) is 2. The number of allylic oxidation sites excluding steroid dienone is 10. The summed E-state index contributed by atoms with van der Waals surface area (Å²) >= 11 is 0. The first-order chi connectivity index (χ1) is 21.4. The van der Waals surface area contributed by atoms with Crippen molar-refractivity contribution >= 4 is 17.6 Å². The maximum atomic E-state index is 12.3. The Bertz CT molecular complexity index is 1190. The molecule has 0 radical (unpaired) electrons. The van der Waals surface area contributed by atoms with Gasteiger partial charge in [-0.3, -0.25) is 14.4 Å². The normalized spacial score (nSPS) is 19.1. The number of primary amides is 1. The topological polar surface area (TPSA) is 98.5 Å². The quantitative estimate of drug-likeness (QED) is 0.147. The minimum atomic E-state index is -1.10. The summed E-state index contributed by atoms with van der Waals surface area (Å²) in [6.45, 7) is 3.86. The second kappa shape index (κ2) is 21.7. The van der Waals surface area contributed by atoms with Crippen LogP contribution in [0.25, 0.3) is 0 Å². The van der Waals surface area contributed by atoms with Crippen molar-refractivity contribution in [3.8, 4) is 0 Å². The van der Waals surface area contributed by atoms with E-state index in [-0.39, 0.29) is 29.4 Å². The van der Waals surface area contributed by atoms with Crippen molar-refractivity contribution in [2.24, 2.45) is 5.73 Å². The summed E-state index contributed by atoms with van der Waals surface area (Å²) in [5.41, 5.74) is 4.74. The minimum Gasteiger partial charge on any atom is -0.469 e. The van der Waals surface area contributed by atoms with Crippen LogP contribution >= 0.6 is 0 Å². The SMILES string of the molecule is CC/C=C\C/C=C\C/C=C\C/C=C\C/C=C\CCCC(N)=O.CC1(c2ccccc2)OC(C(=O)NC2CCCCC2)=CC1=O. The van der Waals surface area contributed by atoms with Crippen LogP contribution in [-0.4, -0.2) is 23.6 Å². The van der Waals surface area contributed by atoms with E-state index >= 15 is 0 Å². The number of ketones is 1. The van der Waals surface area contributed by atoms with Gasteiger partial charge >= 0.3 is 0 Å². The fraction of sp³-hybridized carbons (Fsp3) is 0.447. The van der Waals surface area contributed by atoms with E-state index in [4.69, 9.17) is 10.5 Å². The van der Waals surface area contributed by atoms with Gasteiger partial charge in [0.1, 0.15) is 0 Å². The molecule has 1 aromatic rings. The molecule has 238 valence electrons. The van der Waals surface area contributed by atoms with Crippen LogP contribution in [-0.2, 0) is 24.7 Å². The van der Waals surface area contributed by atoms with Gasteiger partial charge in [-0.25, -0.2) is 0 Å². The van der Waals surface area contributed by atoms with Crippen LogP contribution in [0, 0.1) is 0 Å². The highest BCUT2D eigenvalue weighted by molar-refractivity contribution is 6.07. The molecule has 2 aliphatic rings. The van der Waals surface area contributed by atoms with Crippen molar-refractivity contribution < 1.29 is 19.1 Å². The third kappa shape index (κ3) is 14.5. The van der Waals surface area contributed by atoms with E-state index in [1.165, 1.54) is 12.5 Å². The Hall–Kier alpha value is -3.93. The number of hydrogen-bond acceptors (Lipinski definition) is 4. The van der Waals surface area contributed by atoms with Crippen molar-refractivity contribution in [1.82, 2.24) is 5.32 Å². The maximum absolute atomic E-state index is 12.3. The number of nitrogens with two attached hydrogens (primary N) is 1. The molecule has 6 heteroatoms. The van der Waals surface area contributed by atoms with E-state index in [1.807, 2.05) is 30.3 Å². The van der Waals surface area contributed by atoms with E-state index in [0.29, 0.717) is 6.42 Å². The van der Waals surface area contributed by atoms with E-state index < -0.39 is 5.60 Å². The Morgan fingerprint density at radius 1 is 0.864 bits per heavy atom. The number of carbonyl (C=O) groups excluding carboxylic acids is 3. The molecule has 0 aromatic heterocycles. The number of rotatable bonds is 16. The lowest BCUT2D eigenvalue weighted by atomic mass is 9.92. The van der Waals surface area contributed by atoms with Gasteiger partial charge < -0.3 is 15.8 Å². The predicted octanol–water partition coefficient (Wildman–Crippen LogP) is 8.23. The third-order valence-corrected chi connectivity index (χ3v) is 7.49. The number of ether oxygens (including phenoxy) is 1. The lowest BCUT2D eigenvalue weighted by Gasteiger charge is -2.26. The first-order valence-electron chi connectivity index (χ1n) is 16.2. The zero-order valence-electron chi connectivity index (χ0n) is 26.7. The summed E-state index contributed by atoms with van der Waals surface area (Å²) in [4.78, 5) is 35.2. The van der Waals surface area contributed by atoms with E-state index in [0.717, 1.165) is 76.2 Å². The lowest BCUT2D eigenvalue weighted by Crippen LogP contribution is -2.38. The van der Waals surface area contributed by atoms with Crippen LogP contribution in [0.3, 0.4) is 0 Å². The summed E-state index contributed by atoms with van der Waals surface area (Å²) in [5, 5.41) is 2.99. The number of amides is 2. The Morgan fingerprint density at radius 3 is 1.95 bits per heavy atom. The zero-order valence-corrected chi connectivity index (χ0v) is 26.7. The summed E-state index contributed by atoms with van der Waals surface area (Å²) in [5.74, 6) is -0.554. The Morgan fingerprint density at radius 2 is 1.41 bits per heavy atom. The summed E-state index contributed by atoms with van der Waals surface area (Å²) < 4.78 is 5.75. The fourth-order valence-electron chi connectivity index (χ4n) is 4.89. The standard InChI is InChI=1S/C20H31NO.C18H21NO3/c1-2-3-4-5-6-7-8-9-10-11-12-13-14-15-16-17-18-19-20(21)22;1-18(13-8-4-2-5-9-13)16(20)12-15(22-18)17(21)19-14-10-6-3-7-11-14/h3-4,6-7,9-10,12-13,15-16H,2,5,8,11,14,17-19H2,1H3,(H2,21,22);2,4-5,8-9,12,14H,3,6-7,10-11H2,1H3,(H,19,21)/b4-3-,7-6-,10-9-,13-12-,16-15-;. The third-order valence-electron chi connectivity index (χ3n) is 7.49. The van der Waals surface area contributed by atoms with Crippen molar-refractivity contribution in [3.63, 3.8) is 0 Å². The molecule has 0 spiro atoms. The van der Waals surface area contributed by atoms with Crippen LogP contribution in [0.4, 0.5) is 0 Å².